The molecule has 0 atom stereocenters. The number of sulfonamides is 1. The SMILES string of the molecule is Cc1ccc(NC(=O)C(=O)N2CCC3(CC2)OCCN3S(=O)(=O)c2ccccc2)cc1. The standard InChI is InChI=1S/C22H25N3O5S/c1-17-7-9-18(10-8-17)23-20(26)21(27)24-13-11-22(12-14-24)25(15-16-30-22)31(28,29)19-5-3-2-4-6-19/h2-10H,11-16H2,1H3,(H,23,26). The quantitative estimate of drug-likeness (QED) is 0.732. The minimum atomic E-state index is -3.72. The number of anilines is 1. The lowest BCUT2D eigenvalue weighted by Gasteiger charge is -2.42. The van der Waals surface area contributed by atoms with Gasteiger partial charge in [0.2, 0.25) is 10.0 Å². The van der Waals surface area contributed by atoms with E-state index >= 15 is 0 Å². The molecule has 2 amide bonds. The fourth-order valence-electron chi connectivity index (χ4n) is 4.07. The van der Waals surface area contributed by atoms with Crippen LogP contribution in [0.2, 0.25) is 0 Å². The number of benzene rings is 2. The second-order valence-corrected chi connectivity index (χ2v) is 9.66. The summed E-state index contributed by atoms with van der Waals surface area (Å²) in [4.78, 5) is 26.7. The van der Waals surface area contributed by atoms with Crippen LogP contribution in [0.15, 0.2) is 59.5 Å². The molecule has 9 heteroatoms. The summed E-state index contributed by atoms with van der Waals surface area (Å²) in [5, 5.41) is 2.61. The molecule has 2 aromatic rings. The second kappa shape index (κ2) is 8.41. The van der Waals surface area contributed by atoms with Crippen LogP contribution in [0.5, 0.6) is 0 Å². The van der Waals surface area contributed by atoms with Crippen LogP contribution in [0.3, 0.4) is 0 Å². The monoisotopic (exact) mass is 443 g/mol. The van der Waals surface area contributed by atoms with Crippen molar-refractivity contribution >= 4 is 27.5 Å². The van der Waals surface area contributed by atoms with Gasteiger partial charge in [0.25, 0.3) is 0 Å². The van der Waals surface area contributed by atoms with E-state index < -0.39 is 27.6 Å². The number of likely N-dealkylation sites (tertiary alicyclic amines) is 1. The van der Waals surface area contributed by atoms with Crippen molar-refractivity contribution in [2.75, 3.05) is 31.6 Å². The predicted molar refractivity (Wildman–Crippen MR) is 115 cm³/mol. The van der Waals surface area contributed by atoms with Crippen molar-refractivity contribution in [2.45, 2.75) is 30.4 Å². The number of hydrogen-bond acceptors (Lipinski definition) is 5. The van der Waals surface area contributed by atoms with Crippen LogP contribution in [0, 0.1) is 6.92 Å². The van der Waals surface area contributed by atoms with E-state index in [9.17, 15) is 18.0 Å². The number of nitrogens with one attached hydrogen (secondary N) is 1. The Balaban J connectivity index is 1.43. The van der Waals surface area contributed by atoms with E-state index in [-0.39, 0.29) is 24.5 Å². The molecule has 1 spiro atoms. The van der Waals surface area contributed by atoms with E-state index in [0.717, 1.165) is 5.56 Å². The fraction of sp³-hybridized carbons (Fsp3) is 0.364. The number of carbonyl (C=O) groups is 2. The first-order valence-electron chi connectivity index (χ1n) is 10.2. The molecule has 31 heavy (non-hydrogen) atoms. The molecule has 0 radical (unpaired) electrons. The Labute approximate surface area is 181 Å². The number of rotatable bonds is 3. The van der Waals surface area contributed by atoms with Crippen LogP contribution < -0.4 is 5.32 Å². The number of amides is 2. The topological polar surface area (TPSA) is 96.0 Å². The molecule has 0 bridgehead atoms. The zero-order chi connectivity index (χ0) is 22.1. The van der Waals surface area contributed by atoms with Crippen molar-refractivity contribution in [1.29, 1.82) is 0 Å². The summed E-state index contributed by atoms with van der Waals surface area (Å²) in [6.45, 7) is 2.97. The van der Waals surface area contributed by atoms with E-state index in [2.05, 4.69) is 5.32 Å². The third kappa shape index (κ3) is 4.21. The van der Waals surface area contributed by atoms with Gasteiger partial charge in [-0.1, -0.05) is 35.9 Å². The maximum Gasteiger partial charge on any atom is 0.313 e. The molecule has 2 saturated heterocycles. The van der Waals surface area contributed by atoms with Crippen LogP contribution in [0.4, 0.5) is 5.69 Å². The predicted octanol–water partition coefficient (Wildman–Crippen LogP) is 1.97. The average Bonchev–Trinajstić information content (AvgIpc) is 3.20. The van der Waals surface area contributed by atoms with Gasteiger partial charge in [-0.25, -0.2) is 8.42 Å². The van der Waals surface area contributed by atoms with Gasteiger partial charge in [0.05, 0.1) is 11.5 Å². The Morgan fingerprint density at radius 1 is 0.968 bits per heavy atom. The van der Waals surface area contributed by atoms with Crippen molar-refractivity contribution in [3.63, 3.8) is 0 Å². The van der Waals surface area contributed by atoms with E-state index in [1.165, 1.54) is 9.21 Å². The molecule has 0 saturated carbocycles. The summed E-state index contributed by atoms with van der Waals surface area (Å²) in [6.07, 6.45) is 0.616. The Hall–Kier alpha value is -2.75. The van der Waals surface area contributed by atoms with E-state index in [1.807, 2.05) is 19.1 Å². The van der Waals surface area contributed by atoms with E-state index in [1.54, 1.807) is 42.5 Å². The summed E-state index contributed by atoms with van der Waals surface area (Å²) >= 11 is 0. The van der Waals surface area contributed by atoms with Gasteiger partial charge in [0.15, 0.2) is 0 Å². The molecular weight excluding hydrogens is 418 g/mol. The zero-order valence-electron chi connectivity index (χ0n) is 17.3. The van der Waals surface area contributed by atoms with E-state index in [0.29, 0.717) is 25.1 Å². The van der Waals surface area contributed by atoms with Crippen LogP contribution >= 0.6 is 0 Å². The minimum absolute atomic E-state index is 0.218. The maximum absolute atomic E-state index is 13.2. The molecule has 1 N–H and O–H groups in total. The molecule has 0 aliphatic carbocycles. The molecule has 164 valence electrons. The highest BCUT2D eigenvalue weighted by Crippen LogP contribution is 2.38. The Morgan fingerprint density at radius 2 is 1.61 bits per heavy atom. The smallest absolute Gasteiger partial charge is 0.313 e. The van der Waals surface area contributed by atoms with Gasteiger partial charge < -0.3 is 15.0 Å². The van der Waals surface area contributed by atoms with Crippen molar-refractivity contribution in [3.8, 4) is 0 Å². The molecule has 2 heterocycles. The van der Waals surface area contributed by atoms with Crippen LogP contribution in [0.25, 0.3) is 0 Å². The minimum Gasteiger partial charge on any atom is -0.358 e. The van der Waals surface area contributed by atoms with Gasteiger partial charge in [0.1, 0.15) is 5.72 Å². The number of nitrogens with zero attached hydrogens (tertiary/aromatic N) is 2. The molecule has 2 aliphatic heterocycles. The van der Waals surface area contributed by atoms with Gasteiger partial charge in [0, 0.05) is 38.2 Å². The summed E-state index contributed by atoms with van der Waals surface area (Å²) in [5.74, 6) is -1.34. The Kier molecular flexibility index (Phi) is 5.83. The average molecular weight is 444 g/mol. The first-order chi connectivity index (χ1) is 14.8. The molecule has 8 nitrogen and oxygen atoms in total. The van der Waals surface area contributed by atoms with Gasteiger partial charge in [-0.2, -0.15) is 4.31 Å². The number of carbonyl (C=O) groups excluding carboxylic acids is 2. The van der Waals surface area contributed by atoms with Crippen molar-refractivity contribution in [2.24, 2.45) is 0 Å². The van der Waals surface area contributed by atoms with Crippen molar-refractivity contribution in [1.82, 2.24) is 9.21 Å². The lowest BCUT2D eigenvalue weighted by molar-refractivity contribution is -0.148. The highest BCUT2D eigenvalue weighted by molar-refractivity contribution is 7.89. The molecule has 0 unspecified atom stereocenters. The number of piperidine rings is 1. The normalized spacial score (nSPS) is 18.8. The number of aryl methyl sites for hydroxylation is 1. The van der Waals surface area contributed by atoms with Crippen LogP contribution in [0.1, 0.15) is 18.4 Å². The summed E-state index contributed by atoms with van der Waals surface area (Å²) in [7, 11) is -3.72. The first-order valence-corrected chi connectivity index (χ1v) is 11.6. The summed E-state index contributed by atoms with van der Waals surface area (Å²) in [5.41, 5.74) is 0.618. The summed E-state index contributed by atoms with van der Waals surface area (Å²) in [6, 6.07) is 15.4. The first kappa shape index (κ1) is 21.5. The summed E-state index contributed by atoms with van der Waals surface area (Å²) < 4.78 is 33.6. The number of ether oxygens (including phenoxy) is 1. The molecular formula is C22H25N3O5S. The van der Waals surface area contributed by atoms with Gasteiger partial charge in [-0.15, -0.1) is 0 Å². The second-order valence-electron chi connectivity index (χ2n) is 7.80. The molecule has 2 aliphatic rings. The van der Waals surface area contributed by atoms with Gasteiger partial charge >= 0.3 is 11.8 Å². The highest BCUT2D eigenvalue weighted by Gasteiger charge is 2.51. The lowest BCUT2D eigenvalue weighted by atomic mass is 10.0. The van der Waals surface area contributed by atoms with Crippen molar-refractivity contribution < 1.29 is 22.7 Å². The van der Waals surface area contributed by atoms with E-state index in [4.69, 9.17) is 4.74 Å². The van der Waals surface area contributed by atoms with Crippen LogP contribution in [-0.4, -0.2) is 61.4 Å². The lowest BCUT2D eigenvalue weighted by Crippen LogP contribution is -2.56. The maximum atomic E-state index is 13.2. The van der Waals surface area contributed by atoms with Gasteiger partial charge in [-0.3, -0.25) is 9.59 Å². The molecule has 0 aromatic heterocycles. The highest BCUT2D eigenvalue weighted by atomic mass is 32.2. The van der Waals surface area contributed by atoms with Crippen molar-refractivity contribution in [3.05, 3.63) is 60.2 Å². The Bertz CT molecular complexity index is 1060. The fourth-order valence-corrected chi connectivity index (χ4v) is 5.81. The Morgan fingerprint density at radius 3 is 2.26 bits per heavy atom. The largest absolute Gasteiger partial charge is 0.358 e. The molecule has 4 rings (SSSR count). The number of hydrogen-bond donors (Lipinski definition) is 1. The third-order valence-electron chi connectivity index (χ3n) is 5.79. The zero-order valence-corrected chi connectivity index (χ0v) is 18.1. The van der Waals surface area contributed by atoms with Gasteiger partial charge in [-0.05, 0) is 31.2 Å². The molecule has 2 fully saturated rings. The molecule has 2 aromatic carbocycles. The van der Waals surface area contributed by atoms with Crippen LogP contribution in [-0.2, 0) is 24.3 Å². The third-order valence-corrected chi connectivity index (χ3v) is 7.75.